The van der Waals surface area contributed by atoms with Gasteiger partial charge in [0.2, 0.25) is 10.0 Å². The molecule has 0 unspecified atom stereocenters. The summed E-state index contributed by atoms with van der Waals surface area (Å²) in [5, 5.41) is 8.10. The summed E-state index contributed by atoms with van der Waals surface area (Å²) in [6.07, 6.45) is 1.24. The Morgan fingerprint density at radius 2 is 1.76 bits per heavy atom. The zero-order chi connectivity index (χ0) is 12.5. The van der Waals surface area contributed by atoms with Crippen LogP contribution in [-0.2, 0) is 10.0 Å². The highest BCUT2D eigenvalue weighted by molar-refractivity contribution is 7.88. The second-order valence-electron chi connectivity index (χ2n) is 4.18. The zero-order valence-electron chi connectivity index (χ0n) is 10.00. The van der Waals surface area contributed by atoms with Gasteiger partial charge >= 0.3 is 0 Å². The van der Waals surface area contributed by atoms with Crippen molar-refractivity contribution < 1.29 is 8.42 Å². The second kappa shape index (κ2) is 4.58. The lowest BCUT2D eigenvalue weighted by molar-refractivity contribution is 0.386. The summed E-state index contributed by atoms with van der Waals surface area (Å²) in [4.78, 5) is 2.05. The van der Waals surface area contributed by atoms with Gasteiger partial charge in [-0.3, -0.25) is 0 Å². The Balaban J connectivity index is 2.02. The van der Waals surface area contributed by atoms with Crippen LogP contribution >= 0.6 is 0 Å². The molecule has 1 aliphatic rings. The Hall–Kier alpha value is -1.21. The number of nitrogens with zero attached hydrogens (tertiary/aromatic N) is 4. The predicted molar refractivity (Wildman–Crippen MR) is 65.4 cm³/mol. The Kier molecular flexibility index (Phi) is 3.30. The van der Waals surface area contributed by atoms with E-state index in [2.05, 4.69) is 10.2 Å². The van der Waals surface area contributed by atoms with E-state index in [0.29, 0.717) is 26.2 Å². The van der Waals surface area contributed by atoms with E-state index in [9.17, 15) is 8.42 Å². The van der Waals surface area contributed by atoms with E-state index in [1.165, 1.54) is 10.6 Å². The molecule has 1 fully saturated rings. The number of piperazine rings is 1. The summed E-state index contributed by atoms with van der Waals surface area (Å²) in [6.45, 7) is 4.22. The van der Waals surface area contributed by atoms with Crippen molar-refractivity contribution in [1.82, 2.24) is 14.5 Å². The van der Waals surface area contributed by atoms with Crippen molar-refractivity contribution in [2.75, 3.05) is 37.3 Å². The molecule has 17 heavy (non-hydrogen) atoms. The summed E-state index contributed by atoms with van der Waals surface area (Å²) in [5.74, 6) is 0.809. The van der Waals surface area contributed by atoms with Gasteiger partial charge in [0, 0.05) is 26.2 Å². The van der Waals surface area contributed by atoms with Gasteiger partial charge in [0.15, 0.2) is 5.82 Å². The fraction of sp³-hybridized carbons (Fsp3) is 0.600. The fourth-order valence-electron chi connectivity index (χ4n) is 1.81. The highest BCUT2D eigenvalue weighted by Gasteiger charge is 2.23. The van der Waals surface area contributed by atoms with E-state index in [-0.39, 0.29) is 0 Å². The van der Waals surface area contributed by atoms with Crippen molar-refractivity contribution in [1.29, 1.82) is 0 Å². The van der Waals surface area contributed by atoms with Crippen LogP contribution in [0.2, 0.25) is 0 Å². The van der Waals surface area contributed by atoms with Gasteiger partial charge in [-0.15, -0.1) is 5.10 Å². The smallest absolute Gasteiger partial charge is 0.211 e. The Labute approximate surface area is 101 Å². The van der Waals surface area contributed by atoms with Crippen LogP contribution in [0.3, 0.4) is 0 Å². The number of hydrogen-bond acceptors (Lipinski definition) is 5. The van der Waals surface area contributed by atoms with Crippen molar-refractivity contribution in [2.24, 2.45) is 0 Å². The van der Waals surface area contributed by atoms with Crippen LogP contribution in [0, 0.1) is 6.92 Å². The minimum atomic E-state index is -3.07. The van der Waals surface area contributed by atoms with Crippen LogP contribution in [0.5, 0.6) is 0 Å². The number of rotatable bonds is 2. The minimum Gasteiger partial charge on any atom is -0.352 e. The van der Waals surface area contributed by atoms with Gasteiger partial charge in [-0.2, -0.15) is 9.40 Å². The van der Waals surface area contributed by atoms with E-state index in [4.69, 9.17) is 0 Å². The Morgan fingerprint density at radius 3 is 2.24 bits per heavy atom. The van der Waals surface area contributed by atoms with Gasteiger partial charge in [-0.25, -0.2) is 8.42 Å². The molecule has 0 aliphatic carbocycles. The lowest BCUT2D eigenvalue weighted by atomic mass is 10.3. The summed E-state index contributed by atoms with van der Waals surface area (Å²) in [5.41, 5.74) is 0.878. The van der Waals surface area contributed by atoms with Crippen LogP contribution in [0.15, 0.2) is 12.1 Å². The standard InChI is InChI=1S/C10H16N4O2S/c1-9-3-4-10(12-11-9)13-5-7-14(8-6-13)17(2,15)16/h3-4H,5-8H2,1-2H3. The third-order valence-electron chi connectivity index (χ3n) is 2.82. The van der Waals surface area contributed by atoms with E-state index in [0.717, 1.165) is 11.5 Å². The molecular weight excluding hydrogens is 240 g/mol. The van der Waals surface area contributed by atoms with E-state index in [1.807, 2.05) is 24.0 Å². The molecule has 0 bridgehead atoms. The second-order valence-corrected chi connectivity index (χ2v) is 6.16. The maximum absolute atomic E-state index is 11.4. The zero-order valence-corrected chi connectivity index (χ0v) is 10.8. The summed E-state index contributed by atoms with van der Waals surface area (Å²) >= 11 is 0. The molecule has 94 valence electrons. The minimum absolute atomic E-state index is 0.508. The lowest BCUT2D eigenvalue weighted by Crippen LogP contribution is -2.48. The molecule has 0 atom stereocenters. The largest absolute Gasteiger partial charge is 0.352 e. The Bertz CT molecular complexity index is 478. The number of aryl methyl sites for hydroxylation is 1. The predicted octanol–water partition coefficient (Wildman–Crippen LogP) is -0.133. The molecule has 1 aromatic rings. The number of anilines is 1. The molecule has 0 aromatic carbocycles. The first-order valence-corrected chi connectivity index (χ1v) is 7.32. The first-order chi connectivity index (χ1) is 7.97. The molecule has 1 saturated heterocycles. The maximum atomic E-state index is 11.4. The average Bonchev–Trinajstić information content (AvgIpc) is 2.29. The molecule has 0 radical (unpaired) electrons. The molecule has 0 amide bonds. The third-order valence-corrected chi connectivity index (χ3v) is 4.12. The number of aromatic nitrogens is 2. The number of sulfonamides is 1. The lowest BCUT2D eigenvalue weighted by Gasteiger charge is -2.33. The molecule has 2 rings (SSSR count). The van der Waals surface area contributed by atoms with Crippen molar-refractivity contribution in [3.8, 4) is 0 Å². The third kappa shape index (κ3) is 2.92. The first kappa shape index (κ1) is 12.3. The Morgan fingerprint density at radius 1 is 1.12 bits per heavy atom. The van der Waals surface area contributed by atoms with Gasteiger partial charge in [-0.05, 0) is 19.1 Å². The van der Waals surface area contributed by atoms with Gasteiger partial charge < -0.3 is 4.90 Å². The molecule has 6 nitrogen and oxygen atoms in total. The van der Waals surface area contributed by atoms with Gasteiger partial charge in [0.1, 0.15) is 0 Å². The summed E-state index contributed by atoms with van der Waals surface area (Å²) < 4.78 is 24.2. The molecule has 0 N–H and O–H groups in total. The van der Waals surface area contributed by atoms with Crippen molar-refractivity contribution in [3.05, 3.63) is 17.8 Å². The highest BCUT2D eigenvalue weighted by atomic mass is 32.2. The van der Waals surface area contributed by atoms with Gasteiger partial charge in [0.05, 0.1) is 11.9 Å². The molecule has 0 spiro atoms. The normalized spacial score (nSPS) is 18.4. The maximum Gasteiger partial charge on any atom is 0.211 e. The molecule has 0 saturated carbocycles. The van der Waals surface area contributed by atoms with E-state index in [1.54, 1.807) is 0 Å². The summed E-state index contributed by atoms with van der Waals surface area (Å²) in [7, 11) is -3.07. The van der Waals surface area contributed by atoms with Crippen molar-refractivity contribution in [3.63, 3.8) is 0 Å². The molecule has 1 aliphatic heterocycles. The highest BCUT2D eigenvalue weighted by Crippen LogP contribution is 2.13. The quantitative estimate of drug-likeness (QED) is 0.737. The SMILES string of the molecule is Cc1ccc(N2CCN(S(C)(=O)=O)CC2)nn1. The first-order valence-electron chi connectivity index (χ1n) is 5.47. The van der Waals surface area contributed by atoms with Crippen molar-refractivity contribution in [2.45, 2.75) is 6.92 Å². The fourth-order valence-corrected chi connectivity index (χ4v) is 2.64. The van der Waals surface area contributed by atoms with Crippen LogP contribution in [-0.4, -0.2) is 55.4 Å². The van der Waals surface area contributed by atoms with Crippen LogP contribution < -0.4 is 4.90 Å². The van der Waals surface area contributed by atoms with E-state index < -0.39 is 10.0 Å². The number of hydrogen-bond donors (Lipinski definition) is 0. The topological polar surface area (TPSA) is 66.4 Å². The monoisotopic (exact) mass is 256 g/mol. The van der Waals surface area contributed by atoms with Crippen molar-refractivity contribution >= 4 is 15.8 Å². The average molecular weight is 256 g/mol. The van der Waals surface area contributed by atoms with Gasteiger partial charge in [-0.1, -0.05) is 0 Å². The van der Waals surface area contributed by atoms with Crippen LogP contribution in [0.25, 0.3) is 0 Å². The molecule has 1 aromatic heterocycles. The van der Waals surface area contributed by atoms with Crippen LogP contribution in [0.4, 0.5) is 5.82 Å². The van der Waals surface area contributed by atoms with Gasteiger partial charge in [0.25, 0.3) is 0 Å². The van der Waals surface area contributed by atoms with Crippen LogP contribution in [0.1, 0.15) is 5.69 Å². The molecular formula is C10H16N4O2S. The van der Waals surface area contributed by atoms with E-state index >= 15 is 0 Å². The molecule has 2 heterocycles. The summed E-state index contributed by atoms with van der Waals surface area (Å²) in [6, 6.07) is 3.82. The molecule has 7 heteroatoms.